The van der Waals surface area contributed by atoms with Crippen molar-refractivity contribution in [3.05, 3.63) is 52.8 Å². The Labute approximate surface area is 134 Å². The van der Waals surface area contributed by atoms with Crippen LogP contribution in [0.15, 0.2) is 41.6 Å². The number of ether oxygens (including phenoxy) is 1. The fourth-order valence-corrected chi connectivity index (χ4v) is 2.07. The summed E-state index contributed by atoms with van der Waals surface area (Å²) in [6, 6.07) is 9.18. The van der Waals surface area contributed by atoms with Crippen molar-refractivity contribution in [1.29, 1.82) is 0 Å². The molecule has 1 aromatic heterocycles. The second-order valence-electron chi connectivity index (χ2n) is 4.78. The first-order valence-corrected chi connectivity index (χ1v) is 7.37. The molecular formula is C16H18ClN3O2. The zero-order valence-corrected chi connectivity index (χ0v) is 13.1. The Hall–Kier alpha value is -2.27. The summed E-state index contributed by atoms with van der Waals surface area (Å²) in [5, 5.41) is 4.55. The molecule has 0 aliphatic rings. The van der Waals surface area contributed by atoms with Gasteiger partial charge in [0.05, 0.1) is 18.5 Å². The van der Waals surface area contributed by atoms with Gasteiger partial charge in [0.1, 0.15) is 5.75 Å². The van der Waals surface area contributed by atoms with E-state index in [2.05, 4.69) is 15.5 Å². The molecule has 0 unspecified atom stereocenters. The molecule has 116 valence electrons. The third-order valence-electron chi connectivity index (χ3n) is 2.96. The van der Waals surface area contributed by atoms with Gasteiger partial charge in [0.15, 0.2) is 0 Å². The van der Waals surface area contributed by atoms with Gasteiger partial charge in [-0.15, -0.1) is 0 Å². The number of H-pyrrole nitrogens is 1. The molecule has 0 fully saturated rings. The Morgan fingerprint density at radius 1 is 1.45 bits per heavy atom. The van der Waals surface area contributed by atoms with Crippen LogP contribution in [-0.2, 0) is 4.79 Å². The van der Waals surface area contributed by atoms with Crippen molar-refractivity contribution in [2.45, 2.75) is 19.8 Å². The highest BCUT2D eigenvalue weighted by atomic mass is 35.5. The van der Waals surface area contributed by atoms with Gasteiger partial charge in [-0.05, 0) is 49.2 Å². The number of amides is 1. The number of halogens is 1. The van der Waals surface area contributed by atoms with E-state index in [4.69, 9.17) is 16.3 Å². The molecule has 0 aliphatic heterocycles. The SMILES string of the molecule is Cc1cc(Cl)ccc1OCCCC(=O)N/N=C/c1ccc[nH]1. The van der Waals surface area contributed by atoms with Gasteiger partial charge < -0.3 is 9.72 Å². The molecule has 2 N–H and O–H groups in total. The lowest BCUT2D eigenvalue weighted by Crippen LogP contribution is -2.18. The summed E-state index contributed by atoms with van der Waals surface area (Å²) in [6.45, 7) is 2.40. The fourth-order valence-electron chi connectivity index (χ4n) is 1.84. The zero-order valence-electron chi connectivity index (χ0n) is 12.3. The lowest BCUT2D eigenvalue weighted by Gasteiger charge is -2.08. The average molecular weight is 320 g/mol. The largest absolute Gasteiger partial charge is 0.493 e. The molecule has 1 amide bonds. The zero-order chi connectivity index (χ0) is 15.8. The van der Waals surface area contributed by atoms with E-state index in [-0.39, 0.29) is 5.91 Å². The molecule has 1 aromatic carbocycles. The molecule has 1 heterocycles. The van der Waals surface area contributed by atoms with E-state index in [9.17, 15) is 4.79 Å². The second kappa shape index (κ2) is 8.24. The van der Waals surface area contributed by atoms with Crippen LogP contribution in [0.2, 0.25) is 5.02 Å². The minimum atomic E-state index is -0.140. The highest BCUT2D eigenvalue weighted by Crippen LogP contribution is 2.21. The molecule has 0 spiro atoms. The van der Waals surface area contributed by atoms with Gasteiger partial charge in [-0.25, -0.2) is 5.43 Å². The maximum atomic E-state index is 11.6. The Balaban J connectivity index is 1.64. The lowest BCUT2D eigenvalue weighted by molar-refractivity contribution is -0.121. The average Bonchev–Trinajstić information content (AvgIpc) is 2.99. The van der Waals surface area contributed by atoms with Gasteiger partial charge in [-0.3, -0.25) is 4.79 Å². The summed E-state index contributed by atoms with van der Waals surface area (Å²) in [7, 11) is 0. The molecule has 2 aromatic rings. The van der Waals surface area contributed by atoms with Crippen molar-refractivity contribution in [3.63, 3.8) is 0 Å². The molecule has 0 atom stereocenters. The maximum absolute atomic E-state index is 11.6. The molecule has 0 saturated carbocycles. The van der Waals surface area contributed by atoms with Crippen molar-refractivity contribution in [3.8, 4) is 5.75 Å². The van der Waals surface area contributed by atoms with E-state index in [1.807, 2.05) is 31.2 Å². The number of carbonyl (C=O) groups is 1. The van der Waals surface area contributed by atoms with Crippen molar-refractivity contribution in [1.82, 2.24) is 10.4 Å². The molecule has 0 saturated heterocycles. The van der Waals surface area contributed by atoms with Gasteiger partial charge in [0.2, 0.25) is 5.91 Å². The van der Waals surface area contributed by atoms with E-state index in [0.717, 1.165) is 17.0 Å². The predicted octanol–water partition coefficient (Wildman–Crippen LogP) is 3.29. The Bertz CT molecular complexity index is 639. The lowest BCUT2D eigenvalue weighted by atomic mass is 10.2. The summed E-state index contributed by atoms with van der Waals surface area (Å²) >= 11 is 5.88. The molecule has 0 aliphatic carbocycles. The third-order valence-corrected chi connectivity index (χ3v) is 3.19. The van der Waals surface area contributed by atoms with Crippen LogP contribution in [0.5, 0.6) is 5.75 Å². The standard InChI is InChI=1S/C16H18ClN3O2/c1-12-10-13(17)6-7-15(12)22-9-3-5-16(21)20-19-11-14-4-2-8-18-14/h2,4,6-8,10-11,18H,3,5,9H2,1H3,(H,20,21)/b19-11+. The molecule has 2 rings (SSSR count). The maximum Gasteiger partial charge on any atom is 0.240 e. The fraction of sp³-hybridized carbons (Fsp3) is 0.250. The molecule has 5 nitrogen and oxygen atoms in total. The van der Waals surface area contributed by atoms with Gasteiger partial charge in [-0.1, -0.05) is 11.6 Å². The number of aromatic amines is 1. The highest BCUT2D eigenvalue weighted by Gasteiger charge is 2.02. The van der Waals surface area contributed by atoms with E-state index in [1.54, 1.807) is 18.5 Å². The van der Waals surface area contributed by atoms with Crippen LogP contribution in [0.25, 0.3) is 0 Å². The Kier molecular flexibility index (Phi) is 6.03. The summed E-state index contributed by atoms with van der Waals surface area (Å²) < 4.78 is 5.62. The predicted molar refractivity (Wildman–Crippen MR) is 87.4 cm³/mol. The highest BCUT2D eigenvalue weighted by molar-refractivity contribution is 6.30. The van der Waals surface area contributed by atoms with Gasteiger partial charge in [-0.2, -0.15) is 5.10 Å². The molecule has 6 heteroatoms. The normalized spacial score (nSPS) is 10.8. The van der Waals surface area contributed by atoms with Crippen molar-refractivity contribution < 1.29 is 9.53 Å². The van der Waals surface area contributed by atoms with Crippen molar-refractivity contribution in [2.75, 3.05) is 6.61 Å². The van der Waals surface area contributed by atoms with E-state index < -0.39 is 0 Å². The number of hydrazone groups is 1. The number of aromatic nitrogens is 1. The van der Waals surface area contributed by atoms with Crippen LogP contribution in [0, 0.1) is 6.92 Å². The minimum absolute atomic E-state index is 0.140. The number of carbonyl (C=O) groups excluding carboxylic acids is 1. The van der Waals surface area contributed by atoms with Crippen LogP contribution in [-0.4, -0.2) is 23.7 Å². The number of hydrogen-bond donors (Lipinski definition) is 2. The van der Waals surface area contributed by atoms with E-state index in [1.165, 1.54) is 0 Å². The van der Waals surface area contributed by atoms with Crippen molar-refractivity contribution in [2.24, 2.45) is 5.10 Å². The molecule has 0 radical (unpaired) electrons. The van der Waals surface area contributed by atoms with Crippen LogP contribution < -0.4 is 10.2 Å². The van der Waals surface area contributed by atoms with Crippen LogP contribution >= 0.6 is 11.6 Å². The van der Waals surface area contributed by atoms with Gasteiger partial charge in [0, 0.05) is 17.6 Å². The summed E-state index contributed by atoms with van der Waals surface area (Å²) in [6.07, 6.45) is 4.32. The summed E-state index contributed by atoms with van der Waals surface area (Å²) in [5.74, 6) is 0.647. The van der Waals surface area contributed by atoms with Crippen molar-refractivity contribution >= 4 is 23.7 Å². The number of nitrogens with one attached hydrogen (secondary N) is 2. The topological polar surface area (TPSA) is 66.5 Å². The number of nitrogens with zero attached hydrogens (tertiary/aromatic N) is 1. The first-order valence-electron chi connectivity index (χ1n) is 6.99. The molecular weight excluding hydrogens is 302 g/mol. The summed E-state index contributed by atoms with van der Waals surface area (Å²) in [4.78, 5) is 14.5. The smallest absolute Gasteiger partial charge is 0.240 e. The van der Waals surface area contributed by atoms with Gasteiger partial charge >= 0.3 is 0 Å². The minimum Gasteiger partial charge on any atom is -0.493 e. The Morgan fingerprint density at radius 2 is 2.32 bits per heavy atom. The van der Waals surface area contributed by atoms with Crippen LogP contribution in [0.4, 0.5) is 0 Å². The van der Waals surface area contributed by atoms with E-state index in [0.29, 0.717) is 24.5 Å². The first kappa shape index (κ1) is 16.1. The monoisotopic (exact) mass is 319 g/mol. The number of benzene rings is 1. The number of hydrogen-bond acceptors (Lipinski definition) is 3. The van der Waals surface area contributed by atoms with Gasteiger partial charge in [0.25, 0.3) is 0 Å². The second-order valence-corrected chi connectivity index (χ2v) is 5.22. The first-order chi connectivity index (χ1) is 10.6. The third kappa shape index (κ3) is 5.26. The molecule has 0 bridgehead atoms. The number of aryl methyl sites for hydroxylation is 1. The van der Waals surface area contributed by atoms with E-state index >= 15 is 0 Å². The Morgan fingerprint density at radius 3 is 3.05 bits per heavy atom. The van der Waals surface area contributed by atoms with Crippen LogP contribution in [0.3, 0.4) is 0 Å². The number of rotatable bonds is 7. The summed E-state index contributed by atoms with van der Waals surface area (Å²) in [5.41, 5.74) is 4.29. The quantitative estimate of drug-likeness (QED) is 0.467. The van der Waals surface area contributed by atoms with Crippen LogP contribution in [0.1, 0.15) is 24.1 Å². The molecule has 22 heavy (non-hydrogen) atoms.